The molecule has 2 N–H and O–H groups in total. The zero-order chi connectivity index (χ0) is 13.9. The van der Waals surface area contributed by atoms with E-state index in [0.717, 1.165) is 29.3 Å². The van der Waals surface area contributed by atoms with Crippen molar-refractivity contribution in [1.29, 1.82) is 0 Å². The third kappa shape index (κ3) is 2.30. The van der Waals surface area contributed by atoms with Crippen molar-refractivity contribution in [2.45, 2.75) is 19.8 Å². The molecule has 0 atom stereocenters. The Morgan fingerprint density at radius 3 is 2.75 bits per heavy atom. The number of aromatic nitrogens is 4. The van der Waals surface area contributed by atoms with Crippen LogP contribution in [0.15, 0.2) is 36.5 Å². The Bertz CT molecular complexity index is 749. The van der Waals surface area contributed by atoms with Gasteiger partial charge in [0.15, 0.2) is 5.82 Å². The van der Waals surface area contributed by atoms with Gasteiger partial charge < -0.3 is 5.73 Å². The van der Waals surface area contributed by atoms with E-state index in [9.17, 15) is 0 Å². The SMILES string of the molecule is CCCc1nc(N)nc(-c2nccc3ccccc23)n1. The van der Waals surface area contributed by atoms with Crippen LogP contribution < -0.4 is 5.73 Å². The molecule has 3 aromatic rings. The maximum atomic E-state index is 5.78. The summed E-state index contributed by atoms with van der Waals surface area (Å²) in [7, 11) is 0. The molecule has 0 bridgehead atoms. The quantitative estimate of drug-likeness (QED) is 0.787. The van der Waals surface area contributed by atoms with Crippen molar-refractivity contribution in [3.63, 3.8) is 0 Å². The van der Waals surface area contributed by atoms with Crippen molar-refractivity contribution in [2.75, 3.05) is 5.73 Å². The number of fused-ring (bicyclic) bond motifs is 1. The lowest BCUT2D eigenvalue weighted by molar-refractivity contribution is 0.824. The predicted molar refractivity (Wildman–Crippen MR) is 79.0 cm³/mol. The van der Waals surface area contributed by atoms with Gasteiger partial charge in [-0.2, -0.15) is 9.97 Å². The molecule has 0 saturated carbocycles. The number of benzene rings is 1. The average molecular weight is 265 g/mol. The average Bonchev–Trinajstić information content (AvgIpc) is 2.46. The van der Waals surface area contributed by atoms with E-state index < -0.39 is 0 Å². The molecule has 2 aromatic heterocycles. The van der Waals surface area contributed by atoms with Crippen LogP contribution in [0.3, 0.4) is 0 Å². The lowest BCUT2D eigenvalue weighted by Gasteiger charge is -2.06. The van der Waals surface area contributed by atoms with E-state index in [1.165, 1.54) is 0 Å². The number of hydrogen-bond donors (Lipinski definition) is 1. The maximum absolute atomic E-state index is 5.78. The van der Waals surface area contributed by atoms with Crippen LogP contribution in [0.1, 0.15) is 19.2 Å². The Kier molecular flexibility index (Phi) is 3.25. The van der Waals surface area contributed by atoms with E-state index in [4.69, 9.17) is 5.73 Å². The van der Waals surface area contributed by atoms with Gasteiger partial charge >= 0.3 is 0 Å². The molecule has 0 aliphatic rings. The first kappa shape index (κ1) is 12.5. The van der Waals surface area contributed by atoms with Crippen LogP contribution in [-0.2, 0) is 6.42 Å². The highest BCUT2D eigenvalue weighted by Crippen LogP contribution is 2.24. The molecular formula is C15H15N5. The van der Waals surface area contributed by atoms with Crippen LogP contribution in [0.4, 0.5) is 5.95 Å². The fourth-order valence-electron chi connectivity index (χ4n) is 2.18. The second-order valence-electron chi connectivity index (χ2n) is 4.56. The lowest BCUT2D eigenvalue weighted by atomic mass is 10.1. The number of rotatable bonds is 3. The summed E-state index contributed by atoms with van der Waals surface area (Å²) < 4.78 is 0. The molecule has 2 heterocycles. The van der Waals surface area contributed by atoms with Gasteiger partial charge in [-0.05, 0) is 17.9 Å². The van der Waals surface area contributed by atoms with E-state index in [0.29, 0.717) is 11.6 Å². The van der Waals surface area contributed by atoms with Gasteiger partial charge in [0.1, 0.15) is 11.5 Å². The van der Waals surface area contributed by atoms with Crippen LogP contribution in [0.25, 0.3) is 22.3 Å². The third-order valence-corrected chi connectivity index (χ3v) is 3.06. The molecule has 100 valence electrons. The van der Waals surface area contributed by atoms with E-state index in [-0.39, 0.29) is 5.95 Å². The molecule has 0 saturated heterocycles. The summed E-state index contributed by atoms with van der Waals surface area (Å²) >= 11 is 0. The first-order valence-corrected chi connectivity index (χ1v) is 6.62. The fourth-order valence-corrected chi connectivity index (χ4v) is 2.18. The number of anilines is 1. The Hall–Kier alpha value is -2.56. The second kappa shape index (κ2) is 5.21. The van der Waals surface area contributed by atoms with Crippen molar-refractivity contribution in [3.05, 3.63) is 42.4 Å². The van der Waals surface area contributed by atoms with Gasteiger partial charge in [-0.1, -0.05) is 31.2 Å². The second-order valence-corrected chi connectivity index (χ2v) is 4.56. The first-order valence-electron chi connectivity index (χ1n) is 6.62. The summed E-state index contributed by atoms with van der Waals surface area (Å²) in [4.78, 5) is 17.3. The predicted octanol–water partition coefficient (Wildman–Crippen LogP) is 2.62. The van der Waals surface area contributed by atoms with Crippen molar-refractivity contribution in [3.8, 4) is 11.5 Å². The summed E-state index contributed by atoms with van der Waals surface area (Å²) in [5.41, 5.74) is 6.53. The number of aryl methyl sites for hydroxylation is 1. The molecule has 5 heteroatoms. The van der Waals surface area contributed by atoms with Crippen LogP contribution >= 0.6 is 0 Å². The number of nitrogen functional groups attached to an aromatic ring is 1. The molecule has 0 aliphatic heterocycles. The van der Waals surface area contributed by atoms with Crippen LogP contribution in [0.2, 0.25) is 0 Å². The minimum atomic E-state index is 0.244. The van der Waals surface area contributed by atoms with Crippen molar-refractivity contribution < 1.29 is 0 Å². The molecular weight excluding hydrogens is 250 g/mol. The molecule has 5 nitrogen and oxygen atoms in total. The molecule has 3 rings (SSSR count). The Morgan fingerprint density at radius 2 is 1.90 bits per heavy atom. The summed E-state index contributed by atoms with van der Waals surface area (Å²) in [5.74, 6) is 1.50. The van der Waals surface area contributed by atoms with Gasteiger partial charge in [-0.3, -0.25) is 4.98 Å². The van der Waals surface area contributed by atoms with Crippen molar-refractivity contribution in [1.82, 2.24) is 19.9 Å². The van der Waals surface area contributed by atoms with Gasteiger partial charge in [0.2, 0.25) is 5.95 Å². The fraction of sp³-hybridized carbons (Fsp3) is 0.200. The highest BCUT2D eigenvalue weighted by molar-refractivity contribution is 5.92. The number of nitrogens with two attached hydrogens (primary N) is 1. The van der Waals surface area contributed by atoms with Crippen LogP contribution in [0.5, 0.6) is 0 Å². The zero-order valence-corrected chi connectivity index (χ0v) is 11.2. The molecule has 0 fully saturated rings. The summed E-state index contributed by atoms with van der Waals surface area (Å²) in [6.45, 7) is 2.08. The third-order valence-electron chi connectivity index (χ3n) is 3.06. The molecule has 0 radical (unpaired) electrons. The minimum Gasteiger partial charge on any atom is -0.368 e. The largest absolute Gasteiger partial charge is 0.368 e. The van der Waals surface area contributed by atoms with E-state index in [1.54, 1.807) is 6.20 Å². The minimum absolute atomic E-state index is 0.244. The first-order chi connectivity index (χ1) is 9.78. The summed E-state index contributed by atoms with van der Waals surface area (Å²) in [5, 5.41) is 2.12. The number of pyridine rings is 1. The van der Waals surface area contributed by atoms with Crippen molar-refractivity contribution >= 4 is 16.7 Å². The Morgan fingerprint density at radius 1 is 1.05 bits per heavy atom. The topological polar surface area (TPSA) is 77.6 Å². The highest BCUT2D eigenvalue weighted by Gasteiger charge is 2.10. The van der Waals surface area contributed by atoms with Gasteiger partial charge in [-0.15, -0.1) is 0 Å². The Labute approximate surface area is 116 Å². The molecule has 1 aromatic carbocycles. The molecule has 0 aliphatic carbocycles. The van der Waals surface area contributed by atoms with E-state index >= 15 is 0 Å². The molecule has 0 unspecified atom stereocenters. The Balaban J connectivity index is 2.20. The lowest BCUT2D eigenvalue weighted by Crippen LogP contribution is -2.05. The van der Waals surface area contributed by atoms with Gasteiger partial charge in [0.25, 0.3) is 0 Å². The monoisotopic (exact) mass is 265 g/mol. The molecule has 20 heavy (non-hydrogen) atoms. The summed E-state index contributed by atoms with van der Waals surface area (Å²) in [6.07, 6.45) is 3.51. The van der Waals surface area contributed by atoms with Gasteiger partial charge in [0.05, 0.1) is 0 Å². The van der Waals surface area contributed by atoms with E-state index in [2.05, 4.69) is 26.9 Å². The standard InChI is InChI=1S/C15H15N5/c1-2-5-12-18-14(20-15(16)19-12)13-11-7-4-3-6-10(11)8-9-17-13/h3-4,6-9H,2,5H2,1H3,(H2,16,18,19,20). The molecule has 0 spiro atoms. The zero-order valence-electron chi connectivity index (χ0n) is 11.2. The van der Waals surface area contributed by atoms with Gasteiger partial charge in [-0.25, -0.2) is 4.98 Å². The normalized spacial score (nSPS) is 10.8. The van der Waals surface area contributed by atoms with Crippen molar-refractivity contribution in [2.24, 2.45) is 0 Å². The maximum Gasteiger partial charge on any atom is 0.223 e. The number of nitrogens with zero attached hydrogens (tertiary/aromatic N) is 4. The summed E-state index contributed by atoms with van der Waals surface area (Å²) in [6, 6.07) is 9.99. The van der Waals surface area contributed by atoms with Crippen LogP contribution in [0, 0.1) is 0 Å². The smallest absolute Gasteiger partial charge is 0.223 e. The molecule has 0 amide bonds. The van der Waals surface area contributed by atoms with Crippen LogP contribution in [-0.4, -0.2) is 19.9 Å². The number of hydrogen-bond acceptors (Lipinski definition) is 5. The van der Waals surface area contributed by atoms with Gasteiger partial charge in [0, 0.05) is 18.0 Å². The van der Waals surface area contributed by atoms with E-state index in [1.807, 2.05) is 30.3 Å². The highest BCUT2D eigenvalue weighted by atomic mass is 15.1.